The number of nitrogens with zero attached hydrogens (tertiary/aromatic N) is 4. The minimum Gasteiger partial charge on any atom is -0.449 e. The molecule has 6 heteroatoms. The second-order valence-corrected chi connectivity index (χ2v) is 13.7. The van der Waals surface area contributed by atoms with Gasteiger partial charge in [-0.3, -0.25) is 4.57 Å². The van der Waals surface area contributed by atoms with Crippen LogP contribution in [0.3, 0.4) is 0 Å². The van der Waals surface area contributed by atoms with Gasteiger partial charge in [0.05, 0.1) is 27.8 Å². The fraction of sp³-hybridized carbons (Fsp3) is 0. The Balaban J connectivity index is 1.25. The molecule has 0 amide bonds. The van der Waals surface area contributed by atoms with Gasteiger partial charge in [0.15, 0.2) is 23.0 Å². The molecule has 4 heterocycles. The van der Waals surface area contributed by atoms with E-state index in [0.717, 1.165) is 82.2 Å². The molecule has 0 radical (unpaired) electrons. The van der Waals surface area contributed by atoms with Crippen molar-refractivity contribution in [1.29, 1.82) is 0 Å². The molecule has 0 bridgehead atoms. The highest BCUT2D eigenvalue weighted by molar-refractivity contribution is 6.27. The molecule has 0 saturated carbocycles. The molecule has 0 fully saturated rings. The maximum absolute atomic E-state index is 6.74. The average Bonchev–Trinajstić information content (AvgIpc) is 3.76. The fourth-order valence-electron chi connectivity index (χ4n) is 8.47. The van der Waals surface area contributed by atoms with Crippen LogP contribution in [0.2, 0.25) is 0 Å². The summed E-state index contributed by atoms with van der Waals surface area (Å²) in [6.07, 6.45) is 0. The van der Waals surface area contributed by atoms with Crippen molar-refractivity contribution in [2.75, 3.05) is 0 Å². The van der Waals surface area contributed by atoms with E-state index in [1.807, 2.05) is 42.5 Å². The van der Waals surface area contributed by atoms with Gasteiger partial charge in [0.2, 0.25) is 5.95 Å². The lowest BCUT2D eigenvalue weighted by Crippen LogP contribution is -2.04. The zero-order valence-electron chi connectivity index (χ0n) is 28.8. The molecule has 8 aromatic carbocycles. The van der Waals surface area contributed by atoms with E-state index in [2.05, 4.69) is 137 Å². The first-order chi connectivity index (χ1) is 26.8. The normalized spacial score (nSPS) is 12.4. The van der Waals surface area contributed by atoms with Gasteiger partial charge in [0, 0.05) is 38.2 Å². The summed E-state index contributed by atoms with van der Waals surface area (Å²) in [6, 6.07) is 58.7. The number of ether oxygens (including phenoxy) is 2. The molecule has 0 N–H and O–H groups in total. The maximum Gasteiger partial charge on any atom is 0.235 e. The van der Waals surface area contributed by atoms with E-state index in [4.69, 9.17) is 19.4 Å². The summed E-state index contributed by atoms with van der Waals surface area (Å²) in [5.41, 5.74) is 7.89. The van der Waals surface area contributed by atoms with Gasteiger partial charge in [-0.15, -0.1) is 0 Å². The van der Waals surface area contributed by atoms with Gasteiger partial charge >= 0.3 is 0 Å². The second-order valence-electron chi connectivity index (χ2n) is 13.7. The van der Waals surface area contributed by atoms with Gasteiger partial charge in [-0.25, -0.2) is 9.97 Å². The Labute approximate surface area is 308 Å². The molecule has 6 nitrogen and oxygen atoms in total. The van der Waals surface area contributed by atoms with Crippen LogP contribution in [0, 0.1) is 0 Å². The SMILES string of the molecule is c1ccc(-c2nc(-n3c4ccccc4c4ccc5c(c6ccc7c(c6n5-c5ccccc5)Oc5ccccc5O7)c43)nc3ccc4ccccc4c23)cc1. The summed E-state index contributed by atoms with van der Waals surface area (Å²) in [7, 11) is 0. The third-order valence-electron chi connectivity index (χ3n) is 10.8. The van der Waals surface area contributed by atoms with Crippen molar-refractivity contribution in [3.05, 3.63) is 170 Å². The number of hydrogen-bond donors (Lipinski definition) is 0. The van der Waals surface area contributed by atoms with E-state index in [-0.39, 0.29) is 0 Å². The van der Waals surface area contributed by atoms with Crippen LogP contribution in [0.5, 0.6) is 23.0 Å². The molecule has 0 unspecified atom stereocenters. The fourth-order valence-corrected chi connectivity index (χ4v) is 8.47. The number of para-hydroxylation sites is 4. The van der Waals surface area contributed by atoms with Crippen molar-refractivity contribution in [2.45, 2.75) is 0 Å². The predicted octanol–water partition coefficient (Wildman–Crippen LogP) is 12.5. The number of benzene rings is 8. The van der Waals surface area contributed by atoms with Crippen molar-refractivity contribution in [2.24, 2.45) is 0 Å². The number of hydrogen-bond acceptors (Lipinski definition) is 4. The third kappa shape index (κ3) is 4.05. The molecule has 0 atom stereocenters. The van der Waals surface area contributed by atoms with Gasteiger partial charge in [-0.1, -0.05) is 115 Å². The highest BCUT2D eigenvalue weighted by Gasteiger charge is 2.28. The van der Waals surface area contributed by atoms with E-state index < -0.39 is 0 Å². The molecule has 252 valence electrons. The standard InChI is InChI=1S/C48H28N4O2/c1-3-14-30(15-4-1)44-42-32-18-8-7-13-29(32)23-26-36(42)49-48(50-44)52-37-20-10-9-19-33(37)34-24-27-38-43(45(34)52)35-25-28-41-47(54-40-22-12-11-21-39(40)53-41)46(35)51(38)31-16-5-2-6-17-31/h1-28H. The predicted molar refractivity (Wildman–Crippen MR) is 218 cm³/mol. The first kappa shape index (κ1) is 29.2. The van der Waals surface area contributed by atoms with Crippen LogP contribution in [0.25, 0.3) is 88.2 Å². The van der Waals surface area contributed by atoms with Gasteiger partial charge in [-0.05, 0) is 65.4 Å². The number of fused-ring (bicyclic) bond motifs is 13. The summed E-state index contributed by atoms with van der Waals surface area (Å²) in [5.74, 6) is 3.36. The molecule has 54 heavy (non-hydrogen) atoms. The lowest BCUT2D eigenvalue weighted by atomic mass is 10.0. The molecule has 1 aliphatic heterocycles. The molecule has 0 saturated heterocycles. The van der Waals surface area contributed by atoms with Crippen LogP contribution in [0.4, 0.5) is 0 Å². The highest BCUT2D eigenvalue weighted by Crippen LogP contribution is 2.52. The van der Waals surface area contributed by atoms with E-state index >= 15 is 0 Å². The van der Waals surface area contributed by atoms with Crippen molar-refractivity contribution < 1.29 is 9.47 Å². The molecule has 11 aromatic rings. The number of aromatic nitrogens is 4. The summed E-state index contributed by atoms with van der Waals surface area (Å²) in [5, 5.41) is 7.70. The second kappa shape index (κ2) is 11.0. The Morgan fingerprint density at radius 1 is 0.407 bits per heavy atom. The summed E-state index contributed by atoms with van der Waals surface area (Å²) in [4.78, 5) is 10.9. The van der Waals surface area contributed by atoms with Crippen LogP contribution in [-0.2, 0) is 0 Å². The van der Waals surface area contributed by atoms with Gasteiger partial charge < -0.3 is 14.0 Å². The zero-order valence-corrected chi connectivity index (χ0v) is 28.8. The third-order valence-corrected chi connectivity index (χ3v) is 10.8. The van der Waals surface area contributed by atoms with Crippen molar-refractivity contribution in [3.63, 3.8) is 0 Å². The highest BCUT2D eigenvalue weighted by atomic mass is 16.6. The van der Waals surface area contributed by atoms with Crippen LogP contribution in [0.1, 0.15) is 0 Å². The number of rotatable bonds is 3. The molecular weight excluding hydrogens is 665 g/mol. The quantitative estimate of drug-likeness (QED) is 0.173. The first-order valence-corrected chi connectivity index (χ1v) is 18.1. The molecule has 3 aromatic heterocycles. The van der Waals surface area contributed by atoms with E-state index in [9.17, 15) is 0 Å². The van der Waals surface area contributed by atoms with E-state index in [1.165, 1.54) is 0 Å². The Hall–Kier alpha value is -7.44. The molecule has 1 aliphatic rings. The minimum atomic E-state index is 0.613. The Bertz CT molecular complexity index is 3330. The Morgan fingerprint density at radius 2 is 1.11 bits per heavy atom. The van der Waals surface area contributed by atoms with E-state index in [0.29, 0.717) is 28.9 Å². The van der Waals surface area contributed by atoms with Crippen LogP contribution < -0.4 is 9.47 Å². The van der Waals surface area contributed by atoms with Gasteiger partial charge in [0.1, 0.15) is 5.52 Å². The maximum atomic E-state index is 6.74. The summed E-state index contributed by atoms with van der Waals surface area (Å²) < 4.78 is 17.8. The summed E-state index contributed by atoms with van der Waals surface area (Å²) >= 11 is 0. The molecule has 0 spiro atoms. The van der Waals surface area contributed by atoms with Crippen LogP contribution >= 0.6 is 0 Å². The zero-order chi connectivity index (χ0) is 35.3. The minimum absolute atomic E-state index is 0.613. The lowest BCUT2D eigenvalue weighted by molar-refractivity contribution is 0.362. The molecule has 12 rings (SSSR count). The molecular formula is C48H28N4O2. The van der Waals surface area contributed by atoms with Crippen molar-refractivity contribution in [1.82, 2.24) is 19.1 Å². The average molecular weight is 693 g/mol. The van der Waals surface area contributed by atoms with Crippen LogP contribution in [-0.4, -0.2) is 19.1 Å². The lowest BCUT2D eigenvalue weighted by Gasteiger charge is -2.22. The topological polar surface area (TPSA) is 54.1 Å². The Morgan fingerprint density at radius 3 is 1.96 bits per heavy atom. The van der Waals surface area contributed by atoms with Crippen molar-refractivity contribution >= 4 is 65.3 Å². The first-order valence-electron chi connectivity index (χ1n) is 18.1. The largest absolute Gasteiger partial charge is 0.449 e. The summed E-state index contributed by atoms with van der Waals surface area (Å²) in [6.45, 7) is 0. The van der Waals surface area contributed by atoms with Crippen molar-refractivity contribution in [3.8, 4) is 45.9 Å². The van der Waals surface area contributed by atoms with Gasteiger partial charge in [-0.2, -0.15) is 0 Å². The monoisotopic (exact) mass is 692 g/mol. The smallest absolute Gasteiger partial charge is 0.235 e. The molecule has 0 aliphatic carbocycles. The van der Waals surface area contributed by atoms with E-state index in [1.54, 1.807) is 0 Å². The van der Waals surface area contributed by atoms with Crippen LogP contribution in [0.15, 0.2) is 170 Å². The van der Waals surface area contributed by atoms with Gasteiger partial charge in [0.25, 0.3) is 0 Å². The Kier molecular flexibility index (Phi) is 5.96.